The summed E-state index contributed by atoms with van der Waals surface area (Å²) >= 11 is 6.33. The summed E-state index contributed by atoms with van der Waals surface area (Å²) in [4.78, 5) is 39.7. The smallest absolute Gasteiger partial charge is 0.308 e. The number of aryl methyl sites for hydroxylation is 2. The van der Waals surface area contributed by atoms with E-state index in [2.05, 4.69) is 0 Å². The van der Waals surface area contributed by atoms with Gasteiger partial charge < -0.3 is 19.3 Å². The van der Waals surface area contributed by atoms with Crippen molar-refractivity contribution in [2.75, 3.05) is 19.1 Å². The number of methoxy groups -OCH3 is 2. The first-order chi connectivity index (χ1) is 18.0. The Morgan fingerprint density at radius 3 is 2.08 bits per heavy atom. The molecule has 1 atom stereocenters. The van der Waals surface area contributed by atoms with Gasteiger partial charge in [0.2, 0.25) is 0 Å². The first-order valence-corrected chi connectivity index (χ1v) is 12.0. The molecule has 4 rings (SSSR count). The lowest BCUT2D eigenvalue weighted by Gasteiger charge is -2.26. The van der Waals surface area contributed by atoms with Crippen LogP contribution in [-0.2, 0) is 14.4 Å². The predicted octanol–water partition coefficient (Wildman–Crippen LogP) is 5.53. The highest BCUT2D eigenvalue weighted by atomic mass is 35.5. The Bertz CT molecular complexity index is 1460. The number of hydrogen-bond acceptors (Lipinski definition) is 7. The third-order valence-corrected chi connectivity index (χ3v) is 6.41. The Labute approximate surface area is 225 Å². The van der Waals surface area contributed by atoms with Gasteiger partial charge in [-0.05, 0) is 60.9 Å². The molecule has 1 N–H and O–H groups in total. The van der Waals surface area contributed by atoms with Crippen molar-refractivity contribution >= 4 is 40.7 Å². The second kappa shape index (κ2) is 10.6. The summed E-state index contributed by atoms with van der Waals surface area (Å²) in [6.45, 7) is 5.07. The fourth-order valence-corrected chi connectivity index (χ4v) is 4.82. The standard InChI is InChI=1S/C29H26ClNO7/c1-15-10-16(2)12-19(11-15)31-26(18-6-8-20(9-7-18)38-17(3)32)25(28(34)29(31)35)27(33)21-13-22(30)24(37-5)14-23(21)36-4/h6-14,26,33H,1-5H3/b27-25+. The van der Waals surface area contributed by atoms with Gasteiger partial charge in [0, 0.05) is 18.7 Å². The van der Waals surface area contributed by atoms with Crippen LogP contribution in [0.5, 0.6) is 17.2 Å². The van der Waals surface area contributed by atoms with Crippen LogP contribution < -0.4 is 19.1 Å². The monoisotopic (exact) mass is 535 g/mol. The van der Waals surface area contributed by atoms with Crippen molar-refractivity contribution in [1.29, 1.82) is 0 Å². The van der Waals surface area contributed by atoms with Crippen molar-refractivity contribution < 1.29 is 33.7 Å². The topological polar surface area (TPSA) is 102 Å². The van der Waals surface area contributed by atoms with E-state index in [9.17, 15) is 19.5 Å². The molecule has 0 aromatic heterocycles. The van der Waals surface area contributed by atoms with E-state index in [1.807, 2.05) is 19.9 Å². The zero-order valence-corrected chi connectivity index (χ0v) is 22.3. The Hall–Kier alpha value is -4.30. The van der Waals surface area contributed by atoms with Gasteiger partial charge in [-0.2, -0.15) is 0 Å². The number of aliphatic hydroxyl groups is 1. The molecule has 0 aliphatic carbocycles. The van der Waals surface area contributed by atoms with Gasteiger partial charge >= 0.3 is 5.97 Å². The van der Waals surface area contributed by atoms with Gasteiger partial charge in [0.05, 0.1) is 36.4 Å². The zero-order valence-electron chi connectivity index (χ0n) is 21.5. The Kier molecular flexibility index (Phi) is 7.46. The average Bonchev–Trinajstić information content (AvgIpc) is 3.13. The van der Waals surface area contributed by atoms with Crippen LogP contribution in [-0.4, -0.2) is 37.0 Å². The summed E-state index contributed by atoms with van der Waals surface area (Å²) in [7, 11) is 2.84. The van der Waals surface area contributed by atoms with E-state index in [0.29, 0.717) is 22.7 Å². The normalized spacial score (nSPS) is 16.5. The largest absolute Gasteiger partial charge is 0.507 e. The van der Waals surface area contributed by atoms with Crippen LogP contribution in [0.1, 0.15) is 35.2 Å². The molecule has 1 aliphatic heterocycles. The molecule has 1 heterocycles. The first-order valence-electron chi connectivity index (χ1n) is 11.6. The van der Waals surface area contributed by atoms with E-state index in [1.54, 1.807) is 36.4 Å². The van der Waals surface area contributed by atoms with Crippen LogP contribution in [0.3, 0.4) is 0 Å². The maximum Gasteiger partial charge on any atom is 0.308 e. The molecule has 3 aromatic rings. The van der Waals surface area contributed by atoms with Crippen LogP contribution in [0.2, 0.25) is 5.02 Å². The number of benzene rings is 3. The molecule has 0 radical (unpaired) electrons. The lowest BCUT2D eigenvalue weighted by atomic mass is 9.94. The second-order valence-corrected chi connectivity index (χ2v) is 9.27. The number of ether oxygens (including phenoxy) is 3. The van der Waals surface area contributed by atoms with E-state index >= 15 is 0 Å². The Morgan fingerprint density at radius 1 is 0.921 bits per heavy atom. The van der Waals surface area contributed by atoms with Gasteiger partial charge in [0.15, 0.2) is 0 Å². The molecular weight excluding hydrogens is 510 g/mol. The molecule has 38 heavy (non-hydrogen) atoms. The molecule has 1 saturated heterocycles. The summed E-state index contributed by atoms with van der Waals surface area (Å²) in [5.41, 5.74) is 2.79. The summed E-state index contributed by atoms with van der Waals surface area (Å²) < 4.78 is 15.8. The predicted molar refractivity (Wildman–Crippen MR) is 143 cm³/mol. The van der Waals surface area contributed by atoms with E-state index in [4.69, 9.17) is 25.8 Å². The van der Waals surface area contributed by atoms with Gasteiger partial charge in [-0.25, -0.2) is 0 Å². The maximum absolute atomic E-state index is 13.5. The van der Waals surface area contributed by atoms with Gasteiger partial charge in [-0.1, -0.05) is 29.8 Å². The van der Waals surface area contributed by atoms with Gasteiger partial charge in [-0.15, -0.1) is 0 Å². The molecule has 1 aliphatic rings. The molecule has 0 bridgehead atoms. The van der Waals surface area contributed by atoms with Crippen LogP contribution >= 0.6 is 11.6 Å². The number of carbonyl (C=O) groups is 3. The van der Waals surface area contributed by atoms with Gasteiger partial charge in [0.25, 0.3) is 11.7 Å². The molecule has 8 nitrogen and oxygen atoms in total. The SMILES string of the molecule is COc1cc(OC)c(/C(O)=C2\C(=O)C(=O)N(c3cc(C)cc(C)c3)C2c2ccc(OC(C)=O)cc2)cc1Cl. The number of Topliss-reactive ketones (excluding diaryl/α,β-unsaturated/α-hetero) is 1. The average molecular weight is 536 g/mol. The summed E-state index contributed by atoms with van der Waals surface area (Å²) in [5, 5.41) is 11.7. The fourth-order valence-electron chi connectivity index (χ4n) is 4.58. The number of carbonyl (C=O) groups excluding carboxylic acids is 3. The molecule has 1 fully saturated rings. The fraction of sp³-hybridized carbons (Fsp3) is 0.207. The summed E-state index contributed by atoms with van der Waals surface area (Å²) in [6, 6.07) is 13.8. The van der Waals surface area contributed by atoms with Gasteiger partial charge in [0.1, 0.15) is 23.0 Å². The van der Waals surface area contributed by atoms with Crippen LogP contribution in [0.4, 0.5) is 5.69 Å². The number of hydrogen-bond donors (Lipinski definition) is 1. The van der Waals surface area contributed by atoms with E-state index in [1.165, 1.54) is 38.2 Å². The van der Waals surface area contributed by atoms with Crippen molar-refractivity contribution in [3.05, 3.63) is 87.4 Å². The molecule has 196 valence electrons. The minimum atomic E-state index is -0.992. The van der Waals surface area contributed by atoms with Crippen molar-refractivity contribution in [3.8, 4) is 17.2 Å². The molecule has 9 heteroatoms. The van der Waals surface area contributed by atoms with E-state index < -0.39 is 29.5 Å². The van der Waals surface area contributed by atoms with Crippen LogP contribution in [0.15, 0.2) is 60.2 Å². The number of nitrogens with zero attached hydrogens (tertiary/aromatic N) is 1. The highest BCUT2D eigenvalue weighted by Crippen LogP contribution is 2.45. The number of rotatable bonds is 6. The van der Waals surface area contributed by atoms with E-state index in [-0.39, 0.29) is 21.9 Å². The Balaban J connectivity index is 1.97. The van der Waals surface area contributed by atoms with Crippen LogP contribution in [0, 0.1) is 13.8 Å². The van der Waals surface area contributed by atoms with E-state index in [0.717, 1.165) is 11.1 Å². The summed E-state index contributed by atoms with van der Waals surface area (Å²) in [6.07, 6.45) is 0. The third-order valence-electron chi connectivity index (χ3n) is 6.12. The third kappa shape index (κ3) is 4.95. The number of esters is 1. The summed E-state index contributed by atoms with van der Waals surface area (Å²) in [5.74, 6) is -1.80. The molecule has 1 unspecified atom stereocenters. The number of amides is 1. The minimum Gasteiger partial charge on any atom is -0.507 e. The first kappa shape index (κ1) is 26.8. The molecule has 0 saturated carbocycles. The highest BCUT2D eigenvalue weighted by molar-refractivity contribution is 6.51. The number of aliphatic hydroxyl groups excluding tert-OH is 1. The number of halogens is 1. The van der Waals surface area contributed by atoms with Crippen molar-refractivity contribution in [2.45, 2.75) is 26.8 Å². The minimum absolute atomic E-state index is 0.123. The van der Waals surface area contributed by atoms with Gasteiger partial charge in [-0.3, -0.25) is 19.3 Å². The maximum atomic E-state index is 13.5. The number of anilines is 1. The quantitative estimate of drug-likeness (QED) is 0.146. The molecular formula is C29H26ClNO7. The molecule has 0 spiro atoms. The van der Waals surface area contributed by atoms with Crippen molar-refractivity contribution in [2.24, 2.45) is 0 Å². The molecule has 3 aromatic carbocycles. The van der Waals surface area contributed by atoms with Crippen molar-refractivity contribution in [1.82, 2.24) is 0 Å². The number of ketones is 1. The zero-order chi connectivity index (χ0) is 27.7. The van der Waals surface area contributed by atoms with Crippen molar-refractivity contribution in [3.63, 3.8) is 0 Å². The lowest BCUT2D eigenvalue weighted by Crippen LogP contribution is -2.29. The second-order valence-electron chi connectivity index (χ2n) is 8.86. The Morgan fingerprint density at radius 2 is 1.53 bits per heavy atom. The van der Waals surface area contributed by atoms with Crippen LogP contribution in [0.25, 0.3) is 5.76 Å². The molecule has 1 amide bonds. The lowest BCUT2D eigenvalue weighted by molar-refractivity contribution is -0.132. The highest BCUT2D eigenvalue weighted by Gasteiger charge is 2.47.